The van der Waals surface area contributed by atoms with Gasteiger partial charge in [0, 0.05) is 12.7 Å². The summed E-state index contributed by atoms with van der Waals surface area (Å²) < 4.78 is 0.920. The smallest absolute Gasteiger partial charge is 0.140 e. The maximum atomic E-state index is 9.50. The third kappa shape index (κ3) is 3.64. The minimum absolute atomic E-state index is 0.297. The van der Waals surface area contributed by atoms with Crippen molar-refractivity contribution >= 4 is 21.7 Å². The van der Waals surface area contributed by atoms with Crippen LogP contribution in [0.2, 0.25) is 0 Å². The summed E-state index contributed by atoms with van der Waals surface area (Å²) in [6.07, 6.45) is 3.23. The average Bonchev–Trinajstić information content (AvgIpc) is 2.17. The van der Waals surface area contributed by atoms with Gasteiger partial charge in [0.05, 0.1) is 10.6 Å². The number of hydrogen-bond acceptors (Lipinski definition) is 3. The molecule has 0 aliphatic heterocycles. The van der Waals surface area contributed by atoms with Crippen LogP contribution in [0.4, 0.5) is 5.82 Å². The first-order valence-electron chi connectivity index (χ1n) is 4.76. The predicted octanol–water partition coefficient (Wildman–Crippen LogP) is 2.42. The molecule has 2 N–H and O–H groups in total. The van der Waals surface area contributed by atoms with E-state index in [0.717, 1.165) is 23.1 Å². The number of nitrogens with one attached hydrogen (secondary N) is 1. The first-order chi connectivity index (χ1) is 6.74. The van der Waals surface area contributed by atoms with Crippen LogP contribution in [0.15, 0.2) is 22.8 Å². The van der Waals surface area contributed by atoms with Gasteiger partial charge in [-0.05, 0) is 34.5 Å². The van der Waals surface area contributed by atoms with Gasteiger partial charge in [-0.15, -0.1) is 0 Å². The van der Waals surface area contributed by atoms with Crippen LogP contribution in [0.25, 0.3) is 0 Å². The highest BCUT2D eigenvalue weighted by Gasteiger charge is 2.04. The lowest BCUT2D eigenvalue weighted by molar-refractivity contribution is 0.176. The molecule has 78 valence electrons. The fourth-order valence-corrected chi connectivity index (χ4v) is 1.56. The van der Waals surface area contributed by atoms with Gasteiger partial charge < -0.3 is 10.4 Å². The minimum Gasteiger partial charge on any atom is -0.391 e. The first kappa shape index (κ1) is 11.5. The second kappa shape index (κ2) is 5.98. The van der Waals surface area contributed by atoms with Gasteiger partial charge in [0.25, 0.3) is 0 Å². The lowest BCUT2D eigenvalue weighted by Gasteiger charge is -2.11. The van der Waals surface area contributed by atoms with Gasteiger partial charge in [-0.3, -0.25) is 0 Å². The third-order valence-corrected chi connectivity index (χ3v) is 2.53. The van der Waals surface area contributed by atoms with Gasteiger partial charge in [-0.25, -0.2) is 4.98 Å². The Labute approximate surface area is 92.7 Å². The molecule has 0 bridgehead atoms. The summed E-state index contributed by atoms with van der Waals surface area (Å²) in [6.45, 7) is 2.60. The van der Waals surface area contributed by atoms with Crippen molar-refractivity contribution in [3.05, 3.63) is 22.8 Å². The number of hydrogen-bond donors (Lipinski definition) is 2. The Morgan fingerprint density at radius 2 is 2.43 bits per heavy atom. The Balaban J connectivity index is 2.41. The molecular weight excluding hydrogens is 244 g/mol. The summed E-state index contributed by atoms with van der Waals surface area (Å²) >= 11 is 3.38. The van der Waals surface area contributed by atoms with Gasteiger partial charge >= 0.3 is 0 Å². The molecule has 1 unspecified atom stereocenters. The number of anilines is 1. The molecule has 0 saturated carbocycles. The highest BCUT2D eigenvalue weighted by molar-refractivity contribution is 9.10. The molecule has 0 saturated heterocycles. The zero-order valence-corrected chi connectivity index (χ0v) is 9.79. The van der Waals surface area contributed by atoms with E-state index in [2.05, 4.69) is 33.2 Å². The monoisotopic (exact) mass is 258 g/mol. The zero-order chi connectivity index (χ0) is 10.4. The van der Waals surface area contributed by atoms with Crippen LogP contribution in [0, 0.1) is 0 Å². The number of aromatic nitrogens is 1. The molecule has 1 aromatic rings. The van der Waals surface area contributed by atoms with Crippen LogP contribution < -0.4 is 5.32 Å². The van der Waals surface area contributed by atoms with E-state index >= 15 is 0 Å². The Hall–Kier alpha value is -0.610. The second-order valence-electron chi connectivity index (χ2n) is 3.16. The van der Waals surface area contributed by atoms with Gasteiger partial charge in [-0.2, -0.15) is 0 Å². The number of halogens is 1. The number of aliphatic hydroxyl groups excluding tert-OH is 1. The van der Waals surface area contributed by atoms with E-state index in [-0.39, 0.29) is 6.10 Å². The number of pyridine rings is 1. The molecule has 1 rings (SSSR count). The maximum absolute atomic E-state index is 9.50. The molecule has 4 heteroatoms. The molecule has 0 spiro atoms. The minimum atomic E-state index is -0.297. The number of aliphatic hydroxyl groups is 1. The Bertz CT molecular complexity index is 281. The van der Waals surface area contributed by atoms with Crippen LogP contribution in [0.3, 0.4) is 0 Å². The molecule has 0 amide bonds. The van der Waals surface area contributed by atoms with E-state index < -0.39 is 0 Å². The highest BCUT2D eigenvalue weighted by Crippen LogP contribution is 2.18. The maximum Gasteiger partial charge on any atom is 0.140 e. The van der Waals surface area contributed by atoms with Crippen molar-refractivity contribution < 1.29 is 5.11 Å². The molecule has 0 fully saturated rings. The van der Waals surface area contributed by atoms with E-state index in [0.29, 0.717) is 6.54 Å². The summed E-state index contributed by atoms with van der Waals surface area (Å²) in [5.41, 5.74) is 0. The van der Waals surface area contributed by atoms with E-state index in [1.807, 2.05) is 12.1 Å². The SMILES string of the molecule is CCCC(O)CNc1ncccc1Br. The van der Waals surface area contributed by atoms with Crippen LogP contribution in [0.5, 0.6) is 0 Å². The van der Waals surface area contributed by atoms with Crippen molar-refractivity contribution in [1.29, 1.82) is 0 Å². The summed E-state index contributed by atoms with van der Waals surface area (Å²) in [7, 11) is 0. The summed E-state index contributed by atoms with van der Waals surface area (Å²) in [4.78, 5) is 4.14. The second-order valence-corrected chi connectivity index (χ2v) is 4.01. The van der Waals surface area contributed by atoms with Crippen molar-refractivity contribution in [3.8, 4) is 0 Å². The molecule has 0 aliphatic carbocycles. The van der Waals surface area contributed by atoms with Gasteiger partial charge in [0.2, 0.25) is 0 Å². The average molecular weight is 259 g/mol. The third-order valence-electron chi connectivity index (χ3n) is 1.89. The van der Waals surface area contributed by atoms with Crippen LogP contribution in [-0.4, -0.2) is 22.7 Å². The predicted molar refractivity (Wildman–Crippen MR) is 61.3 cm³/mol. The van der Waals surface area contributed by atoms with Crippen molar-refractivity contribution in [2.45, 2.75) is 25.9 Å². The van der Waals surface area contributed by atoms with E-state index in [4.69, 9.17) is 0 Å². The fourth-order valence-electron chi connectivity index (χ4n) is 1.17. The number of rotatable bonds is 5. The highest BCUT2D eigenvalue weighted by atomic mass is 79.9. The molecule has 14 heavy (non-hydrogen) atoms. The van der Waals surface area contributed by atoms with E-state index in [1.54, 1.807) is 6.20 Å². The van der Waals surface area contributed by atoms with E-state index in [1.165, 1.54) is 0 Å². The molecular formula is C10H15BrN2O. The molecule has 0 aliphatic rings. The number of nitrogens with zero attached hydrogens (tertiary/aromatic N) is 1. The summed E-state index contributed by atoms with van der Waals surface area (Å²) in [5.74, 6) is 0.780. The quantitative estimate of drug-likeness (QED) is 0.853. The molecule has 0 aromatic carbocycles. The van der Waals surface area contributed by atoms with Crippen molar-refractivity contribution in [2.24, 2.45) is 0 Å². The van der Waals surface area contributed by atoms with Gasteiger partial charge in [-0.1, -0.05) is 13.3 Å². The lowest BCUT2D eigenvalue weighted by Crippen LogP contribution is -2.19. The largest absolute Gasteiger partial charge is 0.391 e. The Morgan fingerprint density at radius 3 is 3.07 bits per heavy atom. The molecule has 1 heterocycles. The van der Waals surface area contributed by atoms with Crippen LogP contribution >= 0.6 is 15.9 Å². The first-order valence-corrected chi connectivity index (χ1v) is 5.55. The van der Waals surface area contributed by atoms with E-state index in [9.17, 15) is 5.11 Å². The Morgan fingerprint density at radius 1 is 1.64 bits per heavy atom. The Kier molecular flexibility index (Phi) is 4.90. The van der Waals surface area contributed by atoms with Crippen molar-refractivity contribution in [1.82, 2.24) is 4.98 Å². The fraction of sp³-hybridized carbons (Fsp3) is 0.500. The van der Waals surface area contributed by atoms with Gasteiger partial charge in [0.15, 0.2) is 0 Å². The molecule has 1 atom stereocenters. The molecule has 0 radical (unpaired) electrons. The van der Waals surface area contributed by atoms with Crippen molar-refractivity contribution in [3.63, 3.8) is 0 Å². The molecule has 3 nitrogen and oxygen atoms in total. The van der Waals surface area contributed by atoms with Gasteiger partial charge in [0.1, 0.15) is 5.82 Å². The summed E-state index contributed by atoms with van der Waals surface area (Å²) in [6, 6.07) is 3.78. The topological polar surface area (TPSA) is 45.1 Å². The standard InChI is InChI=1S/C10H15BrN2O/c1-2-4-8(14)7-13-10-9(11)5-3-6-12-10/h3,5-6,8,14H,2,4,7H2,1H3,(H,12,13). The van der Waals surface area contributed by atoms with Crippen LogP contribution in [0.1, 0.15) is 19.8 Å². The van der Waals surface area contributed by atoms with Crippen molar-refractivity contribution in [2.75, 3.05) is 11.9 Å². The lowest BCUT2D eigenvalue weighted by atomic mass is 10.2. The zero-order valence-electron chi connectivity index (χ0n) is 8.20. The normalized spacial score (nSPS) is 12.5. The van der Waals surface area contributed by atoms with Crippen LogP contribution in [-0.2, 0) is 0 Å². The molecule has 1 aromatic heterocycles. The summed E-state index contributed by atoms with van der Waals surface area (Å²) in [5, 5.41) is 12.6.